The van der Waals surface area contributed by atoms with Crippen molar-refractivity contribution >= 4 is 19.8 Å². The van der Waals surface area contributed by atoms with Gasteiger partial charge in [0.2, 0.25) is 0 Å². The number of nitrogens with zero attached hydrogens (tertiary/aromatic N) is 1. The molecule has 382 valence electrons. The molecule has 0 fully saturated rings. The molecule has 0 aliphatic heterocycles. The molecule has 2 unspecified atom stereocenters. The Kier molecular flexibility index (Phi) is 46.0. The summed E-state index contributed by atoms with van der Waals surface area (Å²) in [5.41, 5.74) is 0. The summed E-state index contributed by atoms with van der Waals surface area (Å²) in [5, 5.41) is 0. The van der Waals surface area contributed by atoms with Crippen LogP contribution < -0.4 is 4.89 Å². The number of hydrogen-bond acceptors (Lipinski definition) is 8. The van der Waals surface area contributed by atoms with Crippen molar-refractivity contribution < 1.29 is 42.1 Å². The van der Waals surface area contributed by atoms with Gasteiger partial charge in [0.05, 0.1) is 27.7 Å². The lowest BCUT2D eigenvalue weighted by Gasteiger charge is -2.28. The Hall–Kier alpha value is -1.77. The standard InChI is InChI=1S/C55H104NO8P/c1-6-8-10-12-14-16-18-20-22-24-26-27-28-29-30-32-34-36-38-40-42-44-46-48-55(58)64-53(52-63-65(59,60)62-50-49-56(3,4)5)51-61-54(57)47-45-43-41-39-37-35-33-31-25-23-21-19-17-15-13-11-9-7-2/h18,20,23-26,53H,6-17,19,21-22,27-52H2,1-5H3/b20-18-,25-23-,26-24-. The maximum Gasteiger partial charge on any atom is 0.306 e. The maximum atomic E-state index is 12.8. The monoisotopic (exact) mass is 938 g/mol. The Labute approximate surface area is 401 Å². The molecule has 0 heterocycles. The minimum absolute atomic E-state index is 0.0313. The molecule has 0 spiro atoms. The molecular formula is C55H104NO8P. The van der Waals surface area contributed by atoms with Gasteiger partial charge in [-0.05, 0) is 70.6 Å². The second-order valence-electron chi connectivity index (χ2n) is 19.6. The summed E-state index contributed by atoms with van der Waals surface area (Å²) in [6.07, 6.45) is 56.0. The van der Waals surface area contributed by atoms with Crippen molar-refractivity contribution in [1.82, 2.24) is 0 Å². The summed E-state index contributed by atoms with van der Waals surface area (Å²) < 4.78 is 34.1. The van der Waals surface area contributed by atoms with Gasteiger partial charge >= 0.3 is 11.9 Å². The van der Waals surface area contributed by atoms with Gasteiger partial charge in [-0.3, -0.25) is 14.2 Å². The van der Waals surface area contributed by atoms with Gasteiger partial charge in [0, 0.05) is 12.8 Å². The van der Waals surface area contributed by atoms with Crippen molar-refractivity contribution in [3.8, 4) is 0 Å². The predicted molar refractivity (Wildman–Crippen MR) is 273 cm³/mol. The fourth-order valence-electron chi connectivity index (χ4n) is 7.62. The fourth-order valence-corrected chi connectivity index (χ4v) is 8.35. The minimum Gasteiger partial charge on any atom is -0.756 e. The van der Waals surface area contributed by atoms with Crippen LogP contribution in [0.15, 0.2) is 36.5 Å². The number of ether oxygens (including phenoxy) is 2. The van der Waals surface area contributed by atoms with Crippen LogP contribution in [0.3, 0.4) is 0 Å². The number of carbonyl (C=O) groups is 2. The van der Waals surface area contributed by atoms with Crippen LogP contribution in [0.1, 0.15) is 251 Å². The van der Waals surface area contributed by atoms with Gasteiger partial charge in [-0.1, -0.05) is 204 Å². The molecule has 0 bridgehead atoms. The topological polar surface area (TPSA) is 111 Å². The molecule has 0 aromatic carbocycles. The summed E-state index contributed by atoms with van der Waals surface area (Å²) in [5.74, 6) is -0.833. The predicted octanol–water partition coefficient (Wildman–Crippen LogP) is 15.8. The quantitative estimate of drug-likeness (QED) is 0.0195. The van der Waals surface area contributed by atoms with Crippen LogP contribution in [0, 0.1) is 0 Å². The first-order chi connectivity index (χ1) is 31.5. The van der Waals surface area contributed by atoms with E-state index in [9.17, 15) is 19.0 Å². The van der Waals surface area contributed by atoms with Crippen molar-refractivity contribution in [1.29, 1.82) is 0 Å². The van der Waals surface area contributed by atoms with Crippen molar-refractivity contribution in [2.24, 2.45) is 0 Å². The molecule has 0 amide bonds. The molecule has 0 aliphatic rings. The number of phosphoric acid groups is 1. The molecule has 10 heteroatoms. The van der Waals surface area contributed by atoms with Gasteiger partial charge in [0.25, 0.3) is 7.82 Å². The summed E-state index contributed by atoms with van der Waals surface area (Å²) >= 11 is 0. The Morgan fingerprint density at radius 1 is 0.477 bits per heavy atom. The van der Waals surface area contributed by atoms with Gasteiger partial charge < -0.3 is 27.9 Å². The van der Waals surface area contributed by atoms with Gasteiger partial charge in [-0.25, -0.2) is 0 Å². The van der Waals surface area contributed by atoms with E-state index in [-0.39, 0.29) is 32.0 Å². The lowest BCUT2D eigenvalue weighted by atomic mass is 10.0. The SMILES string of the molecule is CCCCCCC/C=C\C/C=C\CCCCCCCCCCCCCC(=O)OC(COC(=O)CCCCCCCCC/C=C\CCCCCCCCC)COP(=O)([O-])OCC[N+](C)(C)C. The van der Waals surface area contributed by atoms with E-state index in [1.54, 1.807) is 0 Å². The van der Waals surface area contributed by atoms with E-state index in [4.69, 9.17) is 18.5 Å². The first-order valence-corrected chi connectivity index (χ1v) is 28.7. The third-order valence-corrected chi connectivity index (χ3v) is 12.8. The van der Waals surface area contributed by atoms with Gasteiger partial charge in [0.1, 0.15) is 19.8 Å². The molecule has 2 atom stereocenters. The highest BCUT2D eigenvalue weighted by atomic mass is 31.2. The number of unbranched alkanes of at least 4 members (excludes halogenated alkanes) is 30. The number of likely N-dealkylation sites (N-methyl/N-ethyl adjacent to an activating group) is 1. The van der Waals surface area contributed by atoms with E-state index in [1.807, 2.05) is 21.1 Å². The van der Waals surface area contributed by atoms with Gasteiger partial charge in [-0.15, -0.1) is 0 Å². The highest BCUT2D eigenvalue weighted by Gasteiger charge is 2.21. The van der Waals surface area contributed by atoms with Gasteiger partial charge in [-0.2, -0.15) is 0 Å². The average molecular weight is 938 g/mol. The third-order valence-electron chi connectivity index (χ3n) is 11.9. The van der Waals surface area contributed by atoms with Gasteiger partial charge in [0.15, 0.2) is 6.10 Å². The lowest BCUT2D eigenvalue weighted by molar-refractivity contribution is -0.870. The molecule has 0 rings (SSSR count). The number of phosphoric ester groups is 1. The van der Waals surface area contributed by atoms with E-state index in [1.165, 1.54) is 161 Å². The van der Waals surface area contributed by atoms with Crippen molar-refractivity contribution in [3.63, 3.8) is 0 Å². The number of carbonyl (C=O) groups excluding carboxylic acids is 2. The van der Waals surface area contributed by atoms with Crippen molar-refractivity contribution in [3.05, 3.63) is 36.5 Å². The molecule has 0 radical (unpaired) electrons. The van der Waals surface area contributed by atoms with Crippen LogP contribution in [0.25, 0.3) is 0 Å². The lowest BCUT2D eigenvalue weighted by Crippen LogP contribution is -2.37. The van der Waals surface area contributed by atoms with Crippen LogP contribution in [-0.4, -0.2) is 70.0 Å². The molecule has 0 aliphatic carbocycles. The maximum absolute atomic E-state index is 12.8. The van der Waals surface area contributed by atoms with E-state index in [0.29, 0.717) is 17.4 Å². The van der Waals surface area contributed by atoms with E-state index < -0.39 is 26.5 Å². The molecule has 0 aromatic rings. The van der Waals surface area contributed by atoms with Crippen LogP contribution >= 0.6 is 7.82 Å². The van der Waals surface area contributed by atoms with Crippen LogP contribution in [0.5, 0.6) is 0 Å². The number of rotatable bonds is 50. The van der Waals surface area contributed by atoms with Crippen LogP contribution in [0.2, 0.25) is 0 Å². The van der Waals surface area contributed by atoms with Crippen LogP contribution in [-0.2, 0) is 32.7 Å². The molecule has 0 saturated carbocycles. The van der Waals surface area contributed by atoms with E-state index >= 15 is 0 Å². The number of quaternary nitrogens is 1. The molecular weight excluding hydrogens is 834 g/mol. The summed E-state index contributed by atoms with van der Waals surface area (Å²) in [4.78, 5) is 37.8. The number of hydrogen-bond donors (Lipinski definition) is 0. The normalized spacial score (nSPS) is 13.6. The highest BCUT2D eigenvalue weighted by Crippen LogP contribution is 2.38. The van der Waals surface area contributed by atoms with Crippen molar-refractivity contribution in [2.45, 2.75) is 258 Å². The fraction of sp³-hybridized carbons (Fsp3) is 0.855. The molecule has 0 N–H and O–H groups in total. The Morgan fingerprint density at radius 3 is 1.23 bits per heavy atom. The summed E-state index contributed by atoms with van der Waals surface area (Å²) in [6.45, 7) is 4.24. The first-order valence-electron chi connectivity index (χ1n) is 27.2. The summed E-state index contributed by atoms with van der Waals surface area (Å²) in [7, 11) is 1.17. The second kappa shape index (κ2) is 47.3. The molecule has 0 saturated heterocycles. The molecule has 0 aromatic heterocycles. The summed E-state index contributed by atoms with van der Waals surface area (Å²) in [6, 6.07) is 0. The Balaban J connectivity index is 4.21. The van der Waals surface area contributed by atoms with Crippen molar-refractivity contribution in [2.75, 3.05) is 47.5 Å². The largest absolute Gasteiger partial charge is 0.756 e. The number of allylic oxidation sites excluding steroid dienone is 6. The molecule has 9 nitrogen and oxygen atoms in total. The Bertz CT molecular complexity index is 1200. The minimum atomic E-state index is -4.63. The smallest absolute Gasteiger partial charge is 0.306 e. The second-order valence-corrected chi connectivity index (χ2v) is 21.0. The van der Waals surface area contributed by atoms with E-state index in [0.717, 1.165) is 57.8 Å². The zero-order chi connectivity index (χ0) is 47.8. The zero-order valence-corrected chi connectivity index (χ0v) is 44.1. The van der Waals surface area contributed by atoms with E-state index in [2.05, 4.69) is 50.3 Å². The number of esters is 2. The highest BCUT2D eigenvalue weighted by molar-refractivity contribution is 7.45. The third kappa shape index (κ3) is 51.5. The Morgan fingerprint density at radius 2 is 0.831 bits per heavy atom. The first kappa shape index (κ1) is 63.2. The zero-order valence-electron chi connectivity index (χ0n) is 43.2. The molecule has 65 heavy (non-hydrogen) atoms. The van der Waals surface area contributed by atoms with Crippen LogP contribution in [0.4, 0.5) is 0 Å². The average Bonchev–Trinajstić information content (AvgIpc) is 3.26.